The van der Waals surface area contributed by atoms with Crippen molar-refractivity contribution >= 4 is 6.03 Å². The Morgan fingerprint density at radius 1 is 1.58 bits per heavy atom. The molecule has 1 heterocycles. The number of ether oxygens (including phenoxy) is 1. The molecule has 0 aliphatic rings. The molecular formula is C13H24N4O2. The SMILES string of the molecule is CCOCCCNC(=O)NC(C)c1cn(C)nc1C. The fraction of sp³-hybridized carbons (Fsp3) is 0.692. The lowest BCUT2D eigenvalue weighted by Crippen LogP contribution is -2.37. The van der Waals surface area contributed by atoms with Crippen molar-refractivity contribution in [2.75, 3.05) is 19.8 Å². The van der Waals surface area contributed by atoms with Gasteiger partial charge in [-0.3, -0.25) is 4.68 Å². The Hall–Kier alpha value is -1.56. The zero-order valence-corrected chi connectivity index (χ0v) is 12.2. The van der Waals surface area contributed by atoms with E-state index in [1.807, 2.05) is 34.0 Å². The van der Waals surface area contributed by atoms with Crippen LogP contribution in [0.2, 0.25) is 0 Å². The molecule has 0 radical (unpaired) electrons. The van der Waals surface area contributed by atoms with Gasteiger partial charge >= 0.3 is 6.03 Å². The van der Waals surface area contributed by atoms with Crippen LogP contribution in [-0.4, -0.2) is 35.6 Å². The van der Waals surface area contributed by atoms with Gasteiger partial charge in [-0.25, -0.2) is 4.79 Å². The number of nitrogens with one attached hydrogen (secondary N) is 2. The molecule has 0 bridgehead atoms. The van der Waals surface area contributed by atoms with Gasteiger partial charge in [0.15, 0.2) is 0 Å². The Labute approximate surface area is 114 Å². The van der Waals surface area contributed by atoms with Crippen molar-refractivity contribution in [3.8, 4) is 0 Å². The van der Waals surface area contributed by atoms with E-state index in [2.05, 4.69) is 15.7 Å². The zero-order chi connectivity index (χ0) is 14.3. The maximum atomic E-state index is 11.7. The van der Waals surface area contributed by atoms with E-state index in [1.54, 1.807) is 4.68 Å². The molecule has 1 aromatic rings. The van der Waals surface area contributed by atoms with Gasteiger partial charge in [0.1, 0.15) is 0 Å². The number of amides is 2. The molecule has 0 aliphatic carbocycles. The van der Waals surface area contributed by atoms with Crippen LogP contribution in [0.3, 0.4) is 0 Å². The molecule has 0 saturated heterocycles. The summed E-state index contributed by atoms with van der Waals surface area (Å²) < 4.78 is 6.95. The van der Waals surface area contributed by atoms with Crippen molar-refractivity contribution in [1.29, 1.82) is 0 Å². The van der Waals surface area contributed by atoms with Crippen LogP contribution < -0.4 is 10.6 Å². The molecule has 1 aromatic heterocycles. The average molecular weight is 268 g/mol. The second-order valence-electron chi connectivity index (χ2n) is 4.52. The van der Waals surface area contributed by atoms with E-state index < -0.39 is 0 Å². The van der Waals surface area contributed by atoms with Crippen LogP contribution in [0.15, 0.2) is 6.20 Å². The van der Waals surface area contributed by atoms with Crippen molar-refractivity contribution in [3.05, 3.63) is 17.5 Å². The highest BCUT2D eigenvalue weighted by Crippen LogP contribution is 2.14. The first kappa shape index (κ1) is 15.5. The number of hydrogen-bond donors (Lipinski definition) is 2. The molecule has 2 amide bonds. The third-order valence-electron chi connectivity index (χ3n) is 2.82. The Balaban J connectivity index is 2.30. The topological polar surface area (TPSA) is 68.2 Å². The Kier molecular flexibility index (Phi) is 6.35. The minimum absolute atomic E-state index is 0.0550. The van der Waals surface area contributed by atoms with Gasteiger partial charge in [-0.1, -0.05) is 0 Å². The quantitative estimate of drug-likeness (QED) is 0.737. The largest absolute Gasteiger partial charge is 0.382 e. The molecule has 0 aromatic carbocycles. The number of nitrogens with zero attached hydrogens (tertiary/aromatic N) is 2. The second-order valence-corrected chi connectivity index (χ2v) is 4.52. The van der Waals surface area contributed by atoms with E-state index in [9.17, 15) is 4.79 Å². The molecule has 0 spiro atoms. The number of urea groups is 1. The summed E-state index contributed by atoms with van der Waals surface area (Å²) >= 11 is 0. The summed E-state index contributed by atoms with van der Waals surface area (Å²) in [6, 6.07) is -0.215. The van der Waals surface area contributed by atoms with Crippen LogP contribution >= 0.6 is 0 Å². The van der Waals surface area contributed by atoms with Gasteiger partial charge in [0.05, 0.1) is 11.7 Å². The van der Waals surface area contributed by atoms with Gasteiger partial charge in [-0.2, -0.15) is 5.10 Å². The van der Waals surface area contributed by atoms with Gasteiger partial charge < -0.3 is 15.4 Å². The zero-order valence-electron chi connectivity index (χ0n) is 12.2. The highest BCUT2D eigenvalue weighted by atomic mass is 16.5. The molecule has 108 valence electrons. The van der Waals surface area contributed by atoms with Crippen molar-refractivity contribution < 1.29 is 9.53 Å². The Morgan fingerprint density at radius 3 is 2.89 bits per heavy atom. The first-order valence-corrected chi connectivity index (χ1v) is 6.66. The fourth-order valence-electron chi connectivity index (χ4n) is 1.89. The summed E-state index contributed by atoms with van der Waals surface area (Å²) in [7, 11) is 1.87. The number of carbonyl (C=O) groups is 1. The predicted molar refractivity (Wildman–Crippen MR) is 74.0 cm³/mol. The van der Waals surface area contributed by atoms with E-state index in [0.717, 1.165) is 17.7 Å². The smallest absolute Gasteiger partial charge is 0.315 e. The van der Waals surface area contributed by atoms with Crippen LogP contribution in [0.1, 0.15) is 37.6 Å². The highest BCUT2D eigenvalue weighted by molar-refractivity contribution is 5.74. The second kappa shape index (κ2) is 7.78. The monoisotopic (exact) mass is 268 g/mol. The third kappa shape index (κ3) is 5.30. The minimum Gasteiger partial charge on any atom is -0.382 e. The number of rotatable bonds is 7. The van der Waals surface area contributed by atoms with Gasteiger partial charge in [0.2, 0.25) is 0 Å². The van der Waals surface area contributed by atoms with Crippen molar-refractivity contribution in [2.24, 2.45) is 7.05 Å². The summed E-state index contributed by atoms with van der Waals surface area (Å²) in [5, 5.41) is 9.97. The van der Waals surface area contributed by atoms with Crippen molar-refractivity contribution in [2.45, 2.75) is 33.2 Å². The lowest BCUT2D eigenvalue weighted by atomic mass is 10.1. The summed E-state index contributed by atoms with van der Waals surface area (Å²) in [6.07, 6.45) is 2.75. The van der Waals surface area contributed by atoms with E-state index in [4.69, 9.17) is 4.74 Å². The summed E-state index contributed by atoms with van der Waals surface area (Å²) in [5.41, 5.74) is 1.97. The van der Waals surface area contributed by atoms with Crippen LogP contribution in [0.25, 0.3) is 0 Å². The van der Waals surface area contributed by atoms with E-state index >= 15 is 0 Å². The van der Waals surface area contributed by atoms with Crippen molar-refractivity contribution in [1.82, 2.24) is 20.4 Å². The summed E-state index contributed by atoms with van der Waals surface area (Å²) in [5.74, 6) is 0. The van der Waals surface area contributed by atoms with Gasteiger partial charge in [-0.05, 0) is 27.2 Å². The first-order valence-electron chi connectivity index (χ1n) is 6.66. The third-order valence-corrected chi connectivity index (χ3v) is 2.82. The maximum absolute atomic E-state index is 11.7. The van der Waals surface area contributed by atoms with Gasteiger partial charge in [0, 0.05) is 38.6 Å². The van der Waals surface area contributed by atoms with Crippen molar-refractivity contribution in [3.63, 3.8) is 0 Å². The van der Waals surface area contributed by atoms with E-state index in [0.29, 0.717) is 19.8 Å². The molecule has 19 heavy (non-hydrogen) atoms. The molecule has 0 fully saturated rings. The molecule has 2 N–H and O–H groups in total. The summed E-state index contributed by atoms with van der Waals surface area (Å²) in [4.78, 5) is 11.7. The molecule has 0 aliphatic heterocycles. The standard InChI is InChI=1S/C13H24N4O2/c1-5-19-8-6-7-14-13(18)15-10(2)12-9-17(4)16-11(12)3/h9-10H,5-8H2,1-4H3,(H2,14,15,18). The lowest BCUT2D eigenvalue weighted by Gasteiger charge is -2.14. The number of aryl methyl sites for hydroxylation is 2. The van der Waals surface area contributed by atoms with Crippen LogP contribution in [0.4, 0.5) is 4.79 Å². The molecule has 0 saturated carbocycles. The minimum atomic E-state index is -0.160. The van der Waals surface area contributed by atoms with E-state index in [-0.39, 0.29) is 12.1 Å². The summed E-state index contributed by atoms with van der Waals surface area (Å²) in [6.45, 7) is 7.84. The number of hydrogen-bond acceptors (Lipinski definition) is 3. The average Bonchev–Trinajstić information content (AvgIpc) is 2.68. The highest BCUT2D eigenvalue weighted by Gasteiger charge is 2.13. The molecule has 6 nitrogen and oxygen atoms in total. The fourth-order valence-corrected chi connectivity index (χ4v) is 1.89. The predicted octanol–water partition coefficient (Wildman–Crippen LogP) is 1.52. The molecule has 1 rings (SSSR count). The number of carbonyl (C=O) groups excluding carboxylic acids is 1. The Bertz CT molecular complexity index is 403. The lowest BCUT2D eigenvalue weighted by molar-refractivity contribution is 0.145. The normalized spacial score (nSPS) is 12.2. The van der Waals surface area contributed by atoms with Crippen LogP contribution in [-0.2, 0) is 11.8 Å². The van der Waals surface area contributed by atoms with E-state index in [1.165, 1.54) is 0 Å². The van der Waals surface area contributed by atoms with Crippen LogP contribution in [0, 0.1) is 6.92 Å². The van der Waals surface area contributed by atoms with Crippen LogP contribution in [0.5, 0.6) is 0 Å². The maximum Gasteiger partial charge on any atom is 0.315 e. The number of aromatic nitrogens is 2. The molecular weight excluding hydrogens is 244 g/mol. The molecule has 1 unspecified atom stereocenters. The first-order chi connectivity index (χ1) is 9.04. The van der Waals surface area contributed by atoms with Gasteiger partial charge in [-0.15, -0.1) is 0 Å². The molecule has 6 heteroatoms. The Morgan fingerprint density at radius 2 is 2.32 bits per heavy atom. The molecule has 1 atom stereocenters. The van der Waals surface area contributed by atoms with Gasteiger partial charge in [0.25, 0.3) is 0 Å².